The number of carbonyl (C=O) groups excluding carboxylic acids is 3. The van der Waals surface area contributed by atoms with Gasteiger partial charge < -0.3 is 4.84 Å². The van der Waals surface area contributed by atoms with Gasteiger partial charge >= 0.3 is 5.97 Å². The van der Waals surface area contributed by atoms with Gasteiger partial charge in [-0.25, -0.2) is 14.3 Å². The van der Waals surface area contributed by atoms with Crippen LogP contribution in [0.5, 0.6) is 0 Å². The number of hydroxylamine groups is 2. The van der Waals surface area contributed by atoms with E-state index < -0.39 is 17.8 Å². The molecule has 0 saturated heterocycles. The first-order chi connectivity index (χ1) is 12.0. The SMILES string of the molecule is Cc1cc(C)n2nc(C(=O)ON3C(=O)c4ccccc4C3=O)nc2n1. The number of benzene rings is 1. The van der Waals surface area contributed by atoms with E-state index in [1.165, 1.54) is 16.6 Å². The number of hydrogen-bond acceptors (Lipinski definition) is 7. The third-order valence-corrected chi connectivity index (χ3v) is 3.73. The zero-order valence-electron chi connectivity index (χ0n) is 13.3. The van der Waals surface area contributed by atoms with E-state index in [0.29, 0.717) is 5.06 Å². The van der Waals surface area contributed by atoms with Crippen LogP contribution in [-0.4, -0.2) is 42.4 Å². The van der Waals surface area contributed by atoms with Crippen LogP contribution in [0.2, 0.25) is 0 Å². The molecule has 9 heteroatoms. The third-order valence-electron chi connectivity index (χ3n) is 3.73. The van der Waals surface area contributed by atoms with Crippen LogP contribution in [0, 0.1) is 13.8 Å². The van der Waals surface area contributed by atoms with Gasteiger partial charge in [-0.15, -0.1) is 5.10 Å². The average Bonchev–Trinajstić information content (AvgIpc) is 3.11. The Hall–Kier alpha value is -3.62. The Kier molecular flexibility index (Phi) is 3.11. The largest absolute Gasteiger partial charge is 0.403 e. The van der Waals surface area contributed by atoms with E-state index in [2.05, 4.69) is 15.1 Å². The highest BCUT2D eigenvalue weighted by atomic mass is 16.7. The van der Waals surface area contributed by atoms with Crippen molar-refractivity contribution < 1.29 is 19.2 Å². The molecule has 1 aliphatic rings. The van der Waals surface area contributed by atoms with Gasteiger partial charge in [-0.2, -0.15) is 4.98 Å². The molecule has 0 bridgehead atoms. The lowest BCUT2D eigenvalue weighted by Gasteiger charge is -2.10. The van der Waals surface area contributed by atoms with Crippen molar-refractivity contribution in [3.63, 3.8) is 0 Å². The summed E-state index contributed by atoms with van der Waals surface area (Å²) in [5, 5.41) is 4.43. The standard InChI is InChI=1S/C16H11N5O4/c1-8-7-9(2)20-16(17-8)18-12(19-20)15(24)25-21-13(22)10-5-3-4-6-11(10)14(21)23/h3-7H,1-2H3. The van der Waals surface area contributed by atoms with Crippen molar-refractivity contribution in [3.8, 4) is 0 Å². The van der Waals surface area contributed by atoms with Gasteiger partial charge in [-0.1, -0.05) is 17.2 Å². The molecule has 124 valence electrons. The number of hydrogen-bond donors (Lipinski definition) is 0. The highest BCUT2D eigenvalue weighted by molar-refractivity contribution is 6.21. The Morgan fingerprint density at radius 1 is 1.04 bits per heavy atom. The van der Waals surface area contributed by atoms with Crippen LogP contribution in [0.1, 0.15) is 42.7 Å². The Balaban J connectivity index is 1.64. The molecule has 1 aromatic carbocycles. The van der Waals surface area contributed by atoms with Crippen LogP contribution < -0.4 is 0 Å². The number of imide groups is 1. The molecule has 3 heterocycles. The van der Waals surface area contributed by atoms with Crippen LogP contribution in [0.15, 0.2) is 30.3 Å². The van der Waals surface area contributed by atoms with Crippen LogP contribution in [0.25, 0.3) is 5.78 Å². The predicted molar refractivity (Wildman–Crippen MR) is 82.6 cm³/mol. The number of aryl methyl sites for hydroxylation is 2. The topological polar surface area (TPSA) is 107 Å². The van der Waals surface area contributed by atoms with Crippen molar-refractivity contribution >= 4 is 23.6 Å². The van der Waals surface area contributed by atoms with Crippen molar-refractivity contribution in [1.82, 2.24) is 24.6 Å². The van der Waals surface area contributed by atoms with Gasteiger partial charge in [-0.3, -0.25) is 9.59 Å². The maximum Gasteiger partial charge on any atom is 0.403 e. The molecular weight excluding hydrogens is 326 g/mol. The second-order valence-electron chi connectivity index (χ2n) is 5.52. The molecule has 1 aliphatic heterocycles. The number of nitrogens with zero attached hydrogens (tertiary/aromatic N) is 5. The zero-order valence-corrected chi connectivity index (χ0v) is 13.3. The lowest BCUT2D eigenvalue weighted by molar-refractivity contribution is -0.0592. The fraction of sp³-hybridized carbons (Fsp3) is 0.125. The molecule has 0 fully saturated rings. The van der Waals surface area contributed by atoms with E-state index in [4.69, 9.17) is 4.84 Å². The summed E-state index contributed by atoms with van der Waals surface area (Å²) in [6.07, 6.45) is 0. The van der Waals surface area contributed by atoms with Crippen molar-refractivity contribution in [2.24, 2.45) is 0 Å². The fourth-order valence-electron chi connectivity index (χ4n) is 2.63. The number of fused-ring (bicyclic) bond motifs is 2. The summed E-state index contributed by atoms with van der Waals surface area (Å²) in [6.45, 7) is 3.58. The summed E-state index contributed by atoms with van der Waals surface area (Å²) >= 11 is 0. The molecule has 0 radical (unpaired) electrons. The normalized spacial score (nSPS) is 13.4. The predicted octanol–water partition coefficient (Wildman–Crippen LogP) is 1.11. The van der Waals surface area contributed by atoms with Gasteiger partial charge in [0.15, 0.2) is 0 Å². The van der Waals surface area contributed by atoms with Crippen molar-refractivity contribution in [2.75, 3.05) is 0 Å². The third kappa shape index (κ3) is 2.24. The van der Waals surface area contributed by atoms with E-state index in [9.17, 15) is 14.4 Å². The van der Waals surface area contributed by atoms with Gasteiger partial charge in [0.25, 0.3) is 23.4 Å². The molecule has 2 aromatic heterocycles. The van der Waals surface area contributed by atoms with Crippen LogP contribution in [0.4, 0.5) is 0 Å². The summed E-state index contributed by atoms with van der Waals surface area (Å²) < 4.78 is 1.38. The number of rotatable bonds is 2. The van der Waals surface area contributed by atoms with Gasteiger partial charge in [0, 0.05) is 11.4 Å². The Morgan fingerprint density at radius 2 is 1.68 bits per heavy atom. The Morgan fingerprint density at radius 3 is 2.32 bits per heavy atom. The molecule has 0 saturated carbocycles. The smallest absolute Gasteiger partial charge is 0.321 e. The van der Waals surface area contributed by atoms with E-state index in [1.807, 2.05) is 0 Å². The van der Waals surface area contributed by atoms with Gasteiger partial charge in [0.2, 0.25) is 0 Å². The Labute approximate surface area is 140 Å². The minimum atomic E-state index is -1.02. The lowest BCUT2D eigenvalue weighted by atomic mass is 10.1. The summed E-state index contributed by atoms with van der Waals surface area (Å²) in [5.74, 6) is -2.49. The second kappa shape index (κ2) is 5.20. The molecule has 25 heavy (non-hydrogen) atoms. The fourth-order valence-corrected chi connectivity index (χ4v) is 2.63. The van der Waals surface area contributed by atoms with Crippen molar-refractivity contribution in [2.45, 2.75) is 13.8 Å². The van der Waals surface area contributed by atoms with Crippen LogP contribution in [0.3, 0.4) is 0 Å². The lowest BCUT2D eigenvalue weighted by Crippen LogP contribution is -2.33. The maximum atomic E-state index is 12.3. The molecule has 9 nitrogen and oxygen atoms in total. The Bertz CT molecular complexity index is 1040. The molecule has 4 rings (SSSR count). The first kappa shape index (κ1) is 14.9. The molecule has 0 spiro atoms. The van der Waals surface area contributed by atoms with Gasteiger partial charge in [0.05, 0.1) is 11.1 Å². The van der Waals surface area contributed by atoms with E-state index in [-0.39, 0.29) is 22.7 Å². The quantitative estimate of drug-likeness (QED) is 0.645. The first-order valence-corrected chi connectivity index (χ1v) is 7.37. The number of aromatic nitrogens is 4. The van der Waals surface area contributed by atoms with E-state index in [1.54, 1.807) is 32.0 Å². The number of carbonyl (C=O) groups is 3. The minimum Gasteiger partial charge on any atom is -0.321 e. The summed E-state index contributed by atoms with van der Waals surface area (Å²) in [6, 6.07) is 8.00. The van der Waals surface area contributed by atoms with Gasteiger partial charge in [0.1, 0.15) is 0 Å². The average molecular weight is 337 g/mol. The summed E-state index contributed by atoms with van der Waals surface area (Å²) in [5.41, 5.74) is 1.81. The van der Waals surface area contributed by atoms with Crippen LogP contribution in [-0.2, 0) is 4.84 Å². The molecule has 3 aromatic rings. The molecule has 0 N–H and O–H groups in total. The van der Waals surface area contributed by atoms with E-state index in [0.717, 1.165) is 11.4 Å². The van der Waals surface area contributed by atoms with Crippen molar-refractivity contribution in [3.05, 3.63) is 58.7 Å². The highest BCUT2D eigenvalue weighted by Crippen LogP contribution is 2.23. The summed E-state index contributed by atoms with van der Waals surface area (Å²) in [4.78, 5) is 49.8. The van der Waals surface area contributed by atoms with E-state index >= 15 is 0 Å². The first-order valence-electron chi connectivity index (χ1n) is 7.37. The van der Waals surface area contributed by atoms with Crippen molar-refractivity contribution in [1.29, 1.82) is 0 Å². The molecule has 2 amide bonds. The molecule has 0 aliphatic carbocycles. The minimum absolute atomic E-state index is 0.177. The zero-order chi connectivity index (χ0) is 17.7. The highest BCUT2D eigenvalue weighted by Gasteiger charge is 2.39. The second-order valence-corrected chi connectivity index (χ2v) is 5.52. The number of amides is 2. The monoisotopic (exact) mass is 337 g/mol. The maximum absolute atomic E-state index is 12.3. The van der Waals surface area contributed by atoms with Crippen LogP contribution >= 0.6 is 0 Å². The molecular formula is C16H11N5O4. The summed E-state index contributed by atoms with van der Waals surface area (Å²) in [7, 11) is 0. The molecule has 0 atom stereocenters. The molecule has 0 unspecified atom stereocenters. The van der Waals surface area contributed by atoms with Gasteiger partial charge in [-0.05, 0) is 32.0 Å².